The van der Waals surface area contributed by atoms with E-state index in [-0.39, 0.29) is 17.2 Å². The van der Waals surface area contributed by atoms with Crippen LogP contribution in [0.25, 0.3) is 0 Å². The highest BCUT2D eigenvalue weighted by Crippen LogP contribution is 2.47. The Morgan fingerprint density at radius 2 is 1.92 bits per heavy atom. The first-order valence-corrected chi connectivity index (χ1v) is 15.4. The predicted octanol–water partition coefficient (Wildman–Crippen LogP) is 7.20. The topological polar surface area (TPSA) is 80.1 Å². The van der Waals surface area contributed by atoms with E-state index < -0.39 is 13.2 Å². The Kier molecular flexibility index (Phi) is 9.33. The van der Waals surface area contributed by atoms with Gasteiger partial charge in [0.15, 0.2) is 19.8 Å². The van der Waals surface area contributed by atoms with Crippen molar-refractivity contribution in [2.45, 2.75) is 83.6 Å². The third-order valence-corrected chi connectivity index (χ3v) is 11.6. The summed E-state index contributed by atoms with van der Waals surface area (Å²) in [6, 6.07) is 14.0. The van der Waals surface area contributed by atoms with Crippen LogP contribution < -0.4 is 9.47 Å². The molecule has 0 unspecified atom stereocenters. The predicted molar refractivity (Wildman–Crippen MR) is 143 cm³/mol. The molecule has 36 heavy (non-hydrogen) atoms. The van der Waals surface area contributed by atoms with Crippen molar-refractivity contribution in [3.63, 3.8) is 0 Å². The lowest BCUT2D eigenvalue weighted by Gasteiger charge is -2.40. The highest BCUT2D eigenvalue weighted by molar-refractivity contribution is 6.74. The summed E-state index contributed by atoms with van der Waals surface area (Å²) < 4.78 is 25.0. The molecule has 7 nitrogen and oxygen atoms in total. The minimum Gasteiger partial charge on any atom is -0.493 e. The quantitative estimate of drug-likeness (QED) is 0.170. The van der Waals surface area contributed by atoms with Gasteiger partial charge in [0.05, 0.1) is 24.7 Å². The number of methoxy groups -OCH3 is 1. The van der Waals surface area contributed by atoms with Gasteiger partial charge in [-0.05, 0) is 54.2 Å². The lowest BCUT2D eigenvalue weighted by Crippen LogP contribution is -2.44. The van der Waals surface area contributed by atoms with Gasteiger partial charge in [0.25, 0.3) is 0 Å². The Morgan fingerprint density at radius 1 is 1.19 bits per heavy atom. The lowest BCUT2D eigenvalue weighted by atomic mass is 9.97. The van der Waals surface area contributed by atoms with Gasteiger partial charge in [-0.15, -0.1) is 0 Å². The fourth-order valence-corrected chi connectivity index (χ4v) is 5.50. The molecule has 0 saturated heterocycles. The van der Waals surface area contributed by atoms with Gasteiger partial charge in [-0.3, -0.25) is 10.1 Å². The van der Waals surface area contributed by atoms with Crippen LogP contribution in [-0.2, 0) is 22.4 Å². The molecule has 0 saturated carbocycles. The third kappa shape index (κ3) is 7.18. The number of hydrogen-bond acceptors (Lipinski definition) is 6. The second-order valence-corrected chi connectivity index (χ2v) is 15.5. The molecule has 0 spiro atoms. The summed E-state index contributed by atoms with van der Waals surface area (Å²) >= 11 is 0. The molecule has 196 valence electrons. The Balaban J connectivity index is 1.85. The van der Waals surface area contributed by atoms with Crippen LogP contribution in [0.1, 0.15) is 62.8 Å². The minimum atomic E-state index is -2.07. The second kappa shape index (κ2) is 12.0. The average Bonchev–Trinajstić information content (AvgIpc) is 3.22. The summed E-state index contributed by atoms with van der Waals surface area (Å²) in [6.45, 7) is 12.0. The number of nitro groups is 1. The SMILES string of the molecule is COc1ccc2c(c1OCc1ccccc1)[C@@H](C[C@H](CC/C=C/[N+](=O)[O-])O[Si](C)(C)C(C)(C)C)OC2. The Labute approximate surface area is 215 Å². The second-order valence-electron chi connectivity index (χ2n) is 10.7. The smallest absolute Gasteiger partial charge is 0.230 e. The maximum absolute atomic E-state index is 10.7. The molecule has 8 heteroatoms. The van der Waals surface area contributed by atoms with Crippen LogP contribution in [0.15, 0.2) is 54.7 Å². The van der Waals surface area contributed by atoms with Crippen LogP contribution in [0.2, 0.25) is 18.1 Å². The van der Waals surface area contributed by atoms with Gasteiger partial charge in [-0.1, -0.05) is 57.2 Å². The maximum atomic E-state index is 10.7. The van der Waals surface area contributed by atoms with Crippen LogP contribution in [-0.4, -0.2) is 26.5 Å². The van der Waals surface area contributed by atoms with Gasteiger partial charge >= 0.3 is 0 Å². The summed E-state index contributed by atoms with van der Waals surface area (Å²) in [6.07, 6.45) is 4.17. The molecular formula is C28H39NO6Si. The average molecular weight is 514 g/mol. The Bertz CT molecular complexity index is 1050. The molecule has 1 aliphatic heterocycles. The van der Waals surface area contributed by atoms with E-state index in [2.05, 4.69) is 33.9 Å². The zero-order chi connectivity index (χ0) is 26.3. The van der Waals surface area contributed by atoms with Crippen molar-refractivity contribution in [3.05, 3.63) is 81.5 Å². The molecule has 1 aliphatic rings. The van der Waals surface area contributed by atoms with Gasteiger partial charge in [-0.25, -0.2) is 0 Å². The summed E-state index contributed by atoms with van der Waals surface area (Å²) in [5.74, 6) is 1.39. The molecule has 2 aromatic rings. The fourth-order valence-electron chi connectivity index (χ4n) is 4.10. The van der Waals surface area contributed by atoms with E-state index in [1.54, 1.807) is 13.2 Å². The van der Waals surface area contributed by atoms with E-state index in [9.17, 15) is 10.1 Å². The Hall–Kier alpha value is -2.68. The maximum Gasteiger partial charge on any atom is 0.230 e. The van der Waals surface area contributed by atoms with Crippen LogP contribution in [0, 0.1) is 10.1 Å². The molecule has 0 radical (unpaired) electrons. The normalized spacial score (nSPS) is 16.7. The molecule has 0 aliphatic carbocycles. The first-order chi connectivity index (χ1) is 17.0. The first-order valence-electron chi connectivity index (χ1n) is 12.5. The molecule has 0 bridgehead atoms. The zero-order valence-corrected chi connectivity index (χ0v) is 23.3. The van der Waals surface area contributed by atoms with E-state index in [1.165, 1.54) is 0 Å². The van der Waals surface area contributed by atoms with E-state index in [1.807, 2.05) is 42.5 Å². The van der Waals surface area contributed by atoms with Crippen molar-refractivity contribution in [3.8, 4) is 11.5 Å². The minimum absolute atomic E-state index is 0.0452. The van der Waals surface area contributed by atoms with Crippen molar-refractivity contribution in [2.24, 2.45) is 0 Å². The van der Waals surface area contributed by atoms with Crippen molar-refractivity contribution in [1.29, 1.82) is 0 Å². The largest absolute Gasteiger partial charge is 0.493 e. The Morgan fingerprint density at radius 3 is 2.56 bits per heavy atom. The van der Waals surface area contributed by atoms with Crippen LogP contribution in [0.5, 0.6) is 11.5 Å². The standard InChI is InChI=1S/C28H39NO6Si/c1-28(2,3)36(5,6)35-23(14-10-11-17-29(30)31)18-25-26-22(20-33-25)15-16-24(32-4)27(26)34-19-21-12-8-7-9-13-21/h7-9,11-13,15-17,23,25H,10,14,18-20H2,1-6H3/b17-11+/t23-,25+/m0/s1. The van der Waals surface area contributed by atoms with Crippen LogP contribution in [0.3, 0.4) is 0 Å². The van der Waals surface area contributed by atoms with E-state index in [4.69, 9.17) is 18.6 Å². The summed E-state index contributed by atoms with van der Waals surface area (Å²) in [4.78, 5) is 10.3. The van der Waals surface area contributed by atoms with Crippen LogP contribution >= 0.6 is 0 Å². The monoisotopic (exact) mass is 513 g/mol. The molecular weight excluding hydrogens is 474 g/mol. The molecule has 2 atom stereocenters. The molecule has 2 aromatic carbocycles. The van der Waals surface area contributed by atoms with Gasteiger partial charge in [0, 0.05) is 18.1 Å². The molecule has 3 rings (SSSR count). The van der Waals surface area contributed by atoms with Crippen molar-refractivity contribution >= 4 is 8.32 Å². The van der Waals surface area contributed by atoms with Crippen LogP contribution in [0.4, 0.5) is 0 Å². The molecule has 0 fully saturated rings. The third-order valence-electron chi connectivity index (χ3n) is 7.09. The first kappa shape index (κ1) is 27.9. The highest BCUT2D eigenvalue weighted by Gasteiger charge is 2.40. The molecule has 0 N–H and O–H groups in total. The van der Waals surface area contributed by atoms with Gasteiger partial charge in [0.1, 0.15) is 6.61 Å². The highest BCUT2D eigenvalue weighted by atomic mass is 28.4. The number of rotatable bonds is 12. The summed E-state index contributed by atoms with van der Waals surface area (Å²) in [7, 11) is -0.428. The van der Waals surface area contributed by atoms with E-state index >= 15 is 0 Å². The zero-order valence-electron chi connectivity index (χ0n) is 22.3. The number of hydrogen-bond donors (Lipinski definition) is 0. The summed E-state index contributed by atoms with van der Waals surface area (Å²) in [5.41, 5.74) is 3.17. The molecule has 0 aromatic heterocycles. The molecule has 1 heterocycles. The van der Waals surface area contributed by atoms with E-state index in [0.29, 0.717) is 44.0 Å². The van der Waals surface area contributed by atoms with Crippen molar-refractivity contribution in [2.75, 3.05) is 7.11 Å². The van der Waals surface area contributed by atoms with Gasteiger partial charge in [-0.2, -0.15) is 0 Å². The van der Waals surface area contributed by atoms with Gasteiger partial charge < -0.3 is 18.6 Å². The fraction of sp³-hybridized carbons (Fsp3) is 0.500. The number of allylic oxidation sites excluding steroid dienone is 1. The van der Waals surface area contributed by atoms with Crippen molar-refractivity contribution in [1.82, 2.24) is 0 Å². The number of benzene rings is 2. The van der Waals surface area contributed by atoms with E-state index in [0.717, 1.165) is 22.9 Å². The van der Waals surface area contributed by atoms with Gasteiger partial charge in [0.2, 0.25) is 6.20 Å². The summed E-state index contributed by atoms with van der Waals surface area (Å²) in [5, 5.41) is 10.8. The molecule has 0 amide bonds. The number of ether oxygens (including phenoxy) is 3. The number of nitrogens with zero attached hydrogens (tertiary/aromatic N) is 1. The number of fused-ring (bicyclic) bond motifs is 1. The lowest BCUT2D eigenvalue weighted by molar-refractivity contribution is -0.402. The van der Waals surface area contributed by atoms with Crippen molar-refractivity contribution < 1.29 is 23.6 Å².